The molecule has 0 aliphatic heterocycles. The molecule has 0 aliphatic carbocycles. The summed E-state index contributed by atoms with van der Waals surface area (Å²) in [5, 5.41) is 1.20. The average Bonchev–Trinajstić information content (AvgIpc) is 3.02. The molecule has 2 aromatic carbocycles. The lowest BCUT2D eigenvalue weighted by atomic mass is 10.2. The molecule has 0 atom stereocenters. The Morgan fingerprint density at radius 2 is 0.706 bits per heavy atom. The Morgan fingerprint density at radius 1 is 0.353 bits per heavy atom. The maximum Gasteiger partial charge on any atom is 0.0701 e. The van der Waals surface area contributed by atoms with Crippen molar-refractivity contribution >= 4 is 10.9 Å². The van der Waals surface area contributed by atoms with Crippen molar-refractivity contribution in [3.8, 4) is 0 Å². The van der Waals surface area contributed by atoms with Gasteiger partial charge in [0.05, 0.1) is 5.52 Å². The number of benzene rings is 2. The van der Waals surface area contributed by atoms with Gasteiger partial charge in [0.15, 0.2) is 0 Å². The first-order valence-corrected chi connectivity index (χ1v) is 13.1. The SMILES string of the molecule is CC.CC.CC.CC.CC.CC.c1ccc2ncccc2c1.c1ccccc1.c1ccncc1. The fourth-order valence-electron chi connectivity index (χ4n) is 1.71. The molecule has 2 nitrogen and oxygen atoms in total. The van der Waals surface area contributed by atoms with Gasteiger partial charge in [-0.05, 0) is 24.3 Å². The minimum absolute atomic E-state index is 1.06. The molecule has 2 aromatic heterocycles. The van der Waals surface area contributed by atoms with Crippen LogP contribution in [0.3, 0.4) is 0 Å². The molecule has 0 unspecified atom stereocenters. The number of para-hydroxylation sites is 1. The molecule has 0 bridgehead atoms. The summed E-state index contributed by atoms with van der Waals surface area (Å²) in [7, 11) is 0. The smallest absolute Gasteiger partial charge is 0.0701 e. The molecule has 192 valence electrons. The van der Waals surface area contributed by atoms with Crippen molar-refractivity contribution in [3.63, 3.8) is 0 Å². The Kier molecular flexibility index (Phi) is 57.9. The van der Waals surface area contributed by atoms with E-state index in [1.54, 1.807) is 12.4 Å². The highest BCUT2D eigenvalue weighted by Crippen LogP contribution is 2.07. The second-order valence-corrected chi connectivity index (χ2v) is 4.38. The highest BCUT2D eigenvalue weighted by atomic mass is 14.6. The Hall–Kier alpha value is -3.00. The normalized spacial score (nSPS) is 6.82. The van der Waals surface area contributed by atoms with E-state index in [9.17, 15) is 0 Å². The van der Waals surface area contributed by atoms with Crippen molar-refractivity contribution in [2.75, 3.05) is 0 Å². The number of hydrogen-bond acceptors (Lipinski definition) is 2. The molecular weight excluding hydrogens is 412 g/mol. The van der Waals surface area contributed by atoms with Gasteiger partial charge in [-0.15, -0.1) is 0 Å². The molecule has 0 aliphatic rings. The van der Waals surface area contributed by atoms with Crippen LogP contribution >= 0.6 is 0 Å². The summed E-state index contributed by atoms with van der Waals surface area (Å²) in [6.07, 6.45) is 5.31. The van der Waals surface area contributed by atoms with Crippen molar-refractivity contribution < 1.29 is 0 Å². The van der Waals surface area contributed by atoms with Gasteiger partial charge in [0.2, 0.25) is 0 Å². The molecule has 0 amide bonds. The standard InChI is InChI=1S/C9H7N.C6H6.C5H5N.6C2H6/c1-2-6-9-8(4-1)5-3-7-10-9;2*1-2-4-6-5-3-1;6*1-2/h1-7H;1-6H;1-5H;6*1-2H3. The van der Waals surface area contributed by atoms with Gasteiger partial charge in [-0.2, -0.15) is 0 Å². The van der Waals surface area contributed by atoms with Gasteiger partial charge in [-0.25, -0.2) is 0 Å². The highest BCUT2D eigenvalue weighted by Gasteiger charge is 1.86. The van der Waals surface area contributed by atoms with Gasteiger partial charge < -0.3 is 0 Å². The molecular formula is C32H54N2. The quantitative estimate of drug-likeness (QED) is 0.257. The summed E-state index contributed by atoms with van der Waals surface area (Å²) in [4.78, 5) is 7.97. The molecule has 4 aromatic rings. The van der Waals surface area contributed by atoms with Gasteiger partial charge in [0, 0.05) is 24.0 Å². The van der Waals surface area contributed by atoms with Gasteiger partial charge in [0.25, 0.3) is 0 Å². The predicted octanol–water partition coefficient (Wildman–Crippen LogP) is 11.2. The number of rotatable bonds is 0. The van der Waals surface area contributed by atoms with E-state index in [1.807, 2.05) is 168 Å². The first kappa shape index (κ1) is 41.3. The average molecular weight is 467 g/mol. The van der Waals surface area contributed by atoms with Crippen LogP contribution in [0.25, 0.3) is 10.9 Å². The van der Waals surface area contributed by atoms with E-state index in [-0.39, 0.29) is 0 Å². The lowest BCUT2D eigenvalue weighted by Gasteiger charge is -1.91. The maximum absolute atomic E-state index is 4.18. The third kappa shape index (κ3) is 31.2. The number of pyridine rings is 2. The molecule has 0 fully saturated rings. The van der Waals surface area contributed by atoms with Crippen LogP contribution in [-0.2, 0) is 0 Å². The van der Waals surface area contributed by atoms with Gasteiger partial charge >= 0.3 is 0 Å². The van der Waals surface area contributed by atoms with E-state index in [0.717, 1.165) is 5.52 Å². The van der Waals surface area contributed by atoms with Crippen LogP contribution in [0, 0.1) is 0 Å². The second kappa shape index (κ2) is 47.7. The van der Waals surface area contributed by atoms with Crippen molar-refractivity contribution in [1.29, 1.82) is 0 Å². The number of fused-ring (bicyclic) bond motifs is 1. The highest BCUT2D eigenvalue weighted by molar-refractivity contribution is 5.77. The zero-order valence-corrected chi connectivity index (χ0v) is 24.3. The van der Waals surface area contributed by atoms with Crippen LogP contribution in [0.1, 0.15) is 83.1 Å². The molecule has 0 N–H and O–H groups in total. The van der Waals surface area contributed by atoms with Gasteiger partial charge in [-0.1, -0.05) is 150 Å². The van der Waals surface area contributed by atoms with Crippen LogP contribution < -0.4 is 0 Å². The third-order valence-corrected chi connectivity index (χ3v) is 2.75. The molecule has 2 heterocycles. The second-order valence-electron chi connectivity index (χ2n) is 4.38. The van der Waals surface area contributed by atoms with Crippen LogP contribution in [0.4, 0.5) is 0 Å². The van der Waals surface area contributed by atoms with Crippen molar-refractivity contribution in [1.82, 2.24) is 9.97 Å². The molecule has 4 rings (SSSR count). The van der Waals surface area contributed by atoms with E-state index in [1.165, 1.54) is 5.39 Å². The number of nitrogens with zero attached hydrogens (tertiary/aromatic N) is 2. The third-order valence-electron chi connectivity index (χ3n) is 2.75. The first-order chi connectivity index (χ1) is 17.0. The molecule has 34 heavy (non-hydrogen) atoms. The van der Waals surface area contributed by atoms with Gasteiger partial charge in [-0.3, -0.25) is 9.97 Å². The zero-order chi connectivity index (χ0) is 27.3. The van der Waals surface area contributed by atoms with Gasteiger partial charge in [0.1, 0.15) is 0 Å². The molecule has 2 heteroatoms. The summed E-state index contributed by atoms with van der Waals surface area (Å²) in [5.74, 6) is 0. The Bertz CT molecular complexity index is 591. The monoisotopic (exact) mass is 466 g/mol. The maximum atomic E-state index is 4.18. The van der Waals surface area contributed by atoms with Crippen LogP contribution in [-0.4, -0.2) is 9.97 Å². The van der Waals surface area contributed by atoms with E-state index >= 15 is 0 Å². The Balaban J connectivity index is -0.000000104. The minimum atomic E-state index is 1.06. The van der Waals surface area contributed by atoms with E-state index in [0.29, 0.717) is 0 Å². The Labute approximate surface area is 213 Å². The minimum Gasteiger partial charge on any atom is -0.265 e. The summed E-state index contributed by atoms with van der Waals surface area (Å²) in [6.45, 7) is 24.0. The topological polar surface area (TPSA) is 25.8 Å². The first-order valence-electron chi connectivity index (χ1n) is 13.1. The molecule has 0 spiro atoms. The Morgan fingerprint density at radius 3 is 1.03 bits per heavy atom. The lowest BCUT2D eigenvalue weighted by Crippen LogP contribution is -1.73. The summed E-state index contributed by atoms with van der Waals surface area (Å²) in [6, 6.07) is 29.8. The van der Waals surface area contributed by atoms with E-state index in [4.69, 9.17) is 0 Å². The fraction of sp³-hybridized carbons (Fsp3) is 0.375. The number of aromatic nitrogens is 2. The van der Waals surface area contributed by atoms with E-state index < -0.39 is 0 Å². The van der Waals surface area contributed by atoms with Crippen LogP contribution in [0.2, 0.25) is 0 Å². The summed E-state index contributed by atoms with van der Waals surface area (Å²) >= 11 is 0. The van der Waals surface area contributed by atoms with Crippen molar-refractivity contribution in [2.45, 2.75) is 83.1 Å². The molecule has 0 radical (unpaired) electrons. The molecule has 0 saturated carbocycles. The summed E-state index contributed by atoms with van der Waals surface area (Å²) < 4.78 is 0. The largest absolute Gasteiger partial charge is 0.265 e. The number of hydrogen-bond donors (Lipinski definition) is 0. The van der Waals surface area contributed by atoms with Crippen LogP contribution in [0.15, 0.2) is 110 Å². The van der Waals surface area contributed by atoms with Crippen LogP contribution in [0.5, 0.6) is 0 Å². The van der Waals surface area contributed by atoms with Crippen molar-refractivity contribution in [2.24, 2.45) is 0 Å². The molecule has 0 saturated heterocycles. The summed E-state index contributed by atoms with van der Waals surface area (Å²) in [5.41, 5.74) is 1.06. The van der Waals surface area contributed by atoms with E-state index in [2.05, 4.69) is 22.1 Å². The lowest BCUT2D eigenvalue weighted by molar-refractivity contribution is 1.33. The zero-order valence-electron chi connectivity index (χ0n) is 24.3. The fourth-order valence-corrected chi connectivity index (χ4v) is 1.71. The predicted molar refractivity (Wildman–Crippen MR) is 161 cm³/mol. The van der Waals surface area contributed by atoms with Crippen molar-refractivity contribution in [3.05, 3.63) is 110 Å².